The second-order valence-corrected chi connectivity index (χ2v) is 6.44. The van der Waals surface area contributed by atoms with Crippen molar-refractivity contribution in [3.05, 3.63) is 34.1 Å². The predicted molar refractivity (Wildman–Crippen MR) is 88.3 cm³/mol. The average Bonchev–Trinajstić information content (AvgIpc) is 2.41. The Bertz CT molecular complexity index is 445. The van der Waals surface area contributed by atoms with E-state index in [4.69, 9.17) is 9.47 Å². The molecule has 0 aliphatic rings. The standard InChI is InChI=1S/C16H25BrFNO3/c1-12(2)22-7-6-21-11-15(20)10-19(3)9-13-4-5-14(18)8-16(13)17/h4-5,8,12,15,20H,6-7,9-11H2,1-3H3. The SMILES string of the molecule is CC(C)OCCOCC(O)CN(C)Cc1ccc(F)cc1Br. The topological polar surface area (TPSA) is 41.9 Å². The highest BCUT2D eigenvalue weighted by Crippen LogP contribution is 2.19. The highest BCUT2D eigenvalue weighted by molar-refractivity contribution is 9.10. The van der Waals surface area contributed by atoms with Crippen molar-refractivity contribution in [2.45, 2.75) is 32.6 Å². The van der Waals surface area contributed by atoms with E-state index in [1.54, 1.807) is 6.07 Å². The van der Waals surface area contributed by atoms with Crippen LogP contribution in [0.25, 0.3) is 0 Å². The second kappa shape index (κ2) is 10.3. The van der Waals surface area contributed by atoms with Crippen LogP contribution in [0.1, 0.15) is 19.4 Å². The lowest BCUT2D eigenvalue weighted by atomic mass is 10.2. The monoisotopic (exact) mass is 377 g/mol. The summed E-state index contributed by atoms with van der Waals surface area (Å²) in [5.41, 5.74) is 0.974. The molecule has 0 bridgehead atoms. The molecule has 0 fully saturated rings. The van der Waals surface area contributed by atoms with Crippen molar-refractivity contribution in [1.29, 1.82) is 0 Å². The fraction of sp³-hybridized carbons (Fsp3) is 0.625. The Morgan fingerprint density at radius 2 is 2.05 bits per heavy atom. The zero-order valence-corrected chi connectivity index (χ0v) is 15.0. The van der Waals surface area contributed by atoms with E-state index in [0.717, 1.165) is 10.0 Å². The first-order valence-corrected chi connectivity index (χ1v) is 8.17. The fourth-order valence-electron chi connectivity index (χ4n) is 1.98. The quantitative estimate of drug-likeness (QED) is 0.636. The molecule has 22 heavy (non-hydrogen) atoms. The molecule has 1 aromatic rings. The number of aliphatic hydroxyl groups is 1. The van der Waals surface area contributed by atoms with E-state index in [-0.39, 0.29) is 18.5 Å². The Kier molecular flexibility index (Phi) is 9.12. The summed E-state index contributed by atoms with van der Waals surface area (Å²) in [6.07, 6.45) is -0.378. The maximum atomic E-state index is 13.0. The predicted octanol–water partition coefficient (Wildman–Crippen LogP) is 2.82. The van der Waals surface area contributed by atoms with Crippen LogP contribution in [0.2, 0.25) is 0 Å². The number of nitrogens with zero attached hydrogens (tertiary/aromatic N) is 1. The average molecular weight is 378 g/mol. The first-order chi connectivity index (χ1) is 10.4. The molecule has 0 radical (unpaired) electrons. The molecule has 1 N–H and O–H groups in total. The smallest absolute Gasteiger partial charge is 0.124 e. The summed E-state index contributed by atoms with van der Waals surface area (Å²) in [5.74, 6) is -0.268. The van der Waals surface area contributed by atoms with E-state index in [2.05, 4.69) is 15.9 Å². The van der Waals surface area contributed by atoms with Crippen molar-refractivity contribution in [3.63, 3.8) is 0 Å². The summed E-state index contributed by atoms with van der Waals surface area (Å²) < 4.78 is 24.5. The molecule has 0 saturated heterocycles. The lowest BCUT2D eigenvalue weighted by Crippen LogP contribution is -2.32. The maximum absolute atomic E-state index is 13.0. The first kappa shape index (κ1) is 19.5. The number of hydrogen-bond acceptors (Lipinski definition) is 4. The Morgan fingerprint density at radius 3 is 2.68 bits per heavy atom. The molecule has 6 heteroatoms. The molecule has 1 atom stereocenters. The Hall–Kier alpha value is -0.530. The number of likely N-dealkylation sites (N-methyl/N-ethyl adjacent to an activating group) is 1. The molecule has 4 nitrogen and oxygen atoms in total. The van der Waals surface area contributed by atoms with E-state index in [9.17, 15) is 9.50 Å². The molecular formula is C16H25BrFNO3. The van der Waals surface area contributed by atoms with Crippen LogP contribution in [0.4, 0.5) is 4.39 Å². The minimum Gasteiger partial charge on any atom is -0.389 e. The Morgan fingerprint density at radius 1 is 1.32 bits per heavy atom. The van der Waals surface area contributed by atoms with Gasteiger partial charge in [-0.25, -0.2) is 4.39 Å². The summed E-state index contributed by atoms with van der Waals surface area (Å²) in [4.78, 5) is 1.97. The molecule has 0 aliphatic heterocycles. The molecule has 1 rings (SSSR count). The minimum absolute atomic E-state index is 0.189. The normalized spacial score (nSPS) is 13.1. The summed E-state index contributed by atoms with van der Waals surface area (Å²) in [5, 5.41) is 9.94. The van der Waals surface area contributed by atoms with Crippen LogP contribution in [0.5, 0.6) is 0 Å². The molecule has 0 aliphatic carbocycles. The van der Waals surface area contributed by atoms with Crippen LogP contribution in [0.15, 0.2) is 22.7 Å². The summed E-state index contributed by atoms with van der Waals surface area (Å²) in [6, 6.07) is 4.61. The van der Waals surface area contributed by atoms with Crippen LogP contribution in [-0.4, -0.2) is 55.6 Å². The number of halogens is 2. The van der Waals surface area contributed by atoms with Crippen LogP contribution in [0.3, 0.4) is 0 Å². The van der Waals surface area contributed by atoms with Gasteiger partial charge in [-0.05, 0) is 38.6 Å². The highest BCUT2D eigenvalue weighted by Gasteiger charge is 2.11. The lowest BCUT2D eigenvalue weighted by molar-refractivity contribution is -0.0174. The number of ether oxygens (including phenoxy) is 2. The summed E-state index contributed by atoms with van der Waals surface area (Å²) in [7, 11) is 1.90. The number of hydrogen-bond donors (Lipinski definition) is 1. The van der Waals surface area contributed by atoms with Gasteiger partial charge in [0.05, 0.1) is 32.0 Å². The maximum Gasteiger partial charge on any atom is 0.124 e. The van der Waals surface area contributed by atoms with Gasteiger partial charge in [-0.15, -0.1) is 0 Å². The van der Waals surface area contributed by atoms with Gasteiger partial charge in [-0.2, -0.15) is 0 Å². The van der Waals surface area contributed by atoms with Crippen LogP contribution in [-0.2, 0) is 16.0 Å². The van der Waals surface area contributed by atoms with Gasteiger partial charge < -0.3 is 14.6 Å². The van der Waals surface area contributed by atoms with Gasteiger partial charge in [-0.3, -0.25) is 4.90 Å². The molecule has 1 aromatic carbocycles. The van der Waals surface area contributed by atoms with E-state index in [1.165, 1.54) is 12.1 Å². The molecule has 1 unspecified atom stereocenters. The number of rotatable bonds is 10. The van der Waals surface area contributed by atoms with Gasteiger partial charge in [0, 0.05) is 17.6 Å². The van der Waals surface area contributed by atoms with Crippen LogP contribution < -0.4 is 0 Å². The summed E-state index contributed by atoms with van der Waals surface area (Å²) in [6.45, 7) is 6.32. The van der Waals surface area contributed by atoms with E-state index >= 15 is 0 Å². The van der Waals surface area contributed by atoms with Gasteiger partial charge in [-0.1, -0.05) is 22.0 Å². The molecule has 0 heterocycles. The van der Waals surface area contributed by atoms with Crippen LogP contribution in [0, 0.1) is 5.82 Å². The summed E-state index contributed by atoms with van der Waals surface area (Å²) >= 11 is 3.34. The van der Waals surface area contributed by atoms with Gasteiger partial charge >= 0.3 is 0 Å². The van der Waals surface area contributed by atoms with Gasteiger partial charge in [0.2, 0.25) is 0 Å². The zero-order chi connectivity index (χ0) is 16.5. The van der Waals surface area contributed by atoms with Crippen molar-refractivity contribution < 1.29 is 19.0 Å². The Labute approximate surface area is 140 Å². The minimum atomic E-state index is -0.566. The van der Waals surface area contributed by atoms with Crippen molar-refractivity contribution in [2.75, 3.05) is 33.4 Å². The van der Waals surface area contributed by atoms with Gasteiger partial charge in [0.15, 0.2) is 0 Å². The molecular weight excluding hydrogens is 353 g/mol. The van der Waals surface area contributed by atoms with Crippen LogP contribution >= 0.6 is 15.9 Å². The molecule has 0 aromatic heterocycles. The van der Waals surface area contributed by atoms with E-state index in [0.29, 0.717) is 26.3 Å². The molecule has 126 valence electrons. The van der Waals surface area contributed by atoms with Crippen molar-refractivity contribution in [3.8, 4) is 0 Å². The van der Waals surface area contributed by atoms with E-state index < -0.39 is 6.10 Å². The number of benzene rings is 1. The Balaban J connectivity index is 2.24. The highest BCUT2D eigenvalue weighted by atomic mass is 79.9. The van der Waals surface area contributed by atoms with Gasteiger partial charge in [0.25, 0.3) is 0 Å². The van der Waals surface area contributed by atoms with Gasteiger partial charge in [0.1, 0.15) is 5.82 Å². The lowest BCUT2D eigenvalue weighted by Gasteiger charge is -2.21. The van der Waals surface area contributed by atoms with Crippen molar-refractivity contribution in [1.82, 2.24) is 4.90 Å². The zero-order valence-electron chi connectivity index (χ0n) is 13.4. The third-order valence-corrected chi connectivity index (χ3v) is 3.71. The van der Waals surface area contributed by atoms with Crippen molar-refractivity contribution in [2.24, 2.45) is 0 Å². The largest absolute Gasteiger partial charge is 0.389 e. The first-order valence-electron chi connectivity index (χ1n) is 7.38. The third kappa shape index (κ3) is 8.19. The van der Waals surface area contributed by atoms with E-state index in [1.807, 2.05) is 25.8 Å². The third-order valence-electron chi connectivity index (χ3n) is 2.97. The number of aliphatic hydroxyl groups excluding tert-OH is 1. The van der Waals surface area contributed by atoms with Crippen molar-refractivity contribution >= 4 is 15.9 Å². The fourth-order valence-corrected chi connectivity index (χ4v) is 2.46. The molecule has 0 spiro atoms. The second-order valence-electron chi connectivity index (χ2n) is 5.58. The molecule has 0 saturated carbocycles. The molecule has 0 amide bonds.